The van der Waals surface area contributed by atoms with Crippen LogP contribution in [0.25, 0.3) is 0 Å². The van der Waals surface area contributed by atoms with Crippen LogP contribution in [0.3, 0.4) is 0 Å². The van der Waals surface area contributed by atoms with E-state index in [4.69, 9.17) is 0 Å². The Hall–Kier alpha value is -1.49. The van der Waals surface area contributed by atoms with E-state index in [1.807, 2.05) is 18.5 Å². The largest absolute Gasteiger partial charge is 0.370 e. The van der Waals surface area contributed by atoms with Crippen molar-refractivity contribution < 1.29 is 0 Å². The average Bonchev–Trinajstić information content (AvgIpc) is 2.80. The molecule has 84 valence electrons. The number of H-pyrrole nitrogens is 1. The molecule has 0 aromatic carbocycles. The van der Waals surface area contributed by atoms with Crippen LogP contribution in [-0.4, -0.2) is 21.5 Å². The summed E-state index contributed by atoms with van der Waals surface area (Å²) < 4.78 is 0. The molecule has 2 aromatic heterocycles. The zero-order valence-corrected chi connectivity index (χ0v) is 9.92. The number of anilines is 1. The van der Waals surface area contributed by atoms with Crippen LogP contribution in [0.5, 0.6) is 0 Å². The first kappa shape index (κ1) is 11.0. The highest BCUT2D eigenvalue weighted by molar-refractivity contribution is 7.98. The van der Waals surface area contributed by atoms with Crippen molar-refractivity contribution >= 4 is 17.6 Å². The predicted octanol–water partition coefficient (Wildman–Crippen LogP) is 2.53. The van der Waals surface area contributed by atoms with E-state index >= 15 is 0 Å². The van der Waals surface area contributed by atoms with Gasteiger partial charge in [0.15, 0.2) is 5.16 Å². The highest BCUT2D eigenvalue weighted by Gasteiger charge is 1.99. The molecule has 0 aliphatic rings. The number of aromatic nitrogens is 3. The molecule has 0 fully saturated rings. The molecule has 0 radical (unpaired) electrons. The monoisotopic (exact) mass is 234 g/mol. The van der Waals surface area contributed by atoms with Crippen LogP contribution in [-0.2, 0) is 5.75 Å². The summed E-state index contributed by atoms with van der Waals surface area (Å²) in [6.07, 6.45) is 5.42. The summed E-state index contributed by atoms with van der Waals surface area (Å²) in [7, 11) is 0. The second kappa shape index (κ2) is 5.55. The first-order chi connectivity index (χ1) is 7.88. The minimum atomic E-state index is 0.891. The maximum atomic E-state index is 4.23. The molecule has 2 heterocycles. The highest BCUT2D eigenvalue weighted by Crippen LogP contribution is 2.19. The van der Waals surface area contributed by atoms with Gasteiger partial charge in [0.05, 0.1) is 0 Å². The smallest absolute Gasteiger partial charge is 0.165 e. The molecule has 2 rings (SSSR count). The molecule has 0 amide bonds. The summed E-state index contributed by atoms with van der Waals surface area (Å²) in [6, 6.07) is 4.09. The molecule has 16 heavy (non-hydrogen) atoms. The Balaban J connectivity index is 1.96. The van der Waals surface area contributed by atoms with E-state index in [9.17, 15) is 0 Å². The Morgan fingerprint density at radius 1 is 1.38 bits per heavy atom. The first-order valence-electron chi connectivity index (χ1n) is 5.19. The molecule has 0 bridgehead atoms. The molecule has 0 spiro atoms. The second-order valence-corrected chi connectivity index (χ2v) is 4.23. The number of hydrogen-bond donors (Lipinski definition) is 2. The highest BCUT2D eigenvalue weighted by atomic mass is 32.2. The number of hydrogen-bond acceptors (Lipinski definition) is 4. The molecule has 0 atom stereocenters. The number of nitrogens with zero attached hydrogens (tertiary/aromatic N) is 2. The van der Waals surface area contributed by atoms with Gasteiger partial charge in [-0.2, -0.15) is 0 Å². The summed E-state index contributed by atoms with van der Waals surface area (Å²) >= 11 is 1.68. The number of nitrogens with one attached hydrogen (secondary N) is 2. The Morgan fingerprint density at radius 2 is 2.31 bits per heavy atom. The van der Waals surface area contributed by atoms with Gasteiger partial charge in [0.1, 0.15) is 5.82 Å². The molecule has 2 N–H and O–H groups in total. The lowest BCUT2D eigenvalue weighted by molar-refractivity contribution is 1.06. The lowest BCUT2D eigenvalue weighted by atomic mass is 10.3. The molecule has 0 saturated carbocycles. The Bertz CT molecular complexity index is 427. The van der Waals surface area contributed by atoms with E-state index in [2.05, 4.69) is 33.3 Å². The van der Waals surface area contributed by atoms with Gasteiger partial charge < -0.3 is 10.3 Å². The standard InChI is InChI=1S/C11H14N4S/c1-2-12-10-7-9(3-4-13-10)8-16-11-14-5-6-15-11/h3-7H,2,8H2,1H3,(H,12,13)(H,14,15). The van der Waals surface area contributed by atoms with E-state index in [0.29, 0.717) is 0 Å². The van der Waals surface area contributed by atoms with E-state index in [-0.39, 0.29) is 0 Å². The minimum absolute atomic E-state index is 0.891. The van der Waals surface area contributed by atoms with Crippen molar-refractivity contribution in [3.63, 3.8) is 0 Å². The van der Waals surface area contributed by atoms with Crippen molar-refractivity contribution in [2.45, 2.75) is 17.8 Å². The molecule has 4 nitrogen and oxygen atoms in total. The fraction of sp³-hybridized carbons (Fsp3) is 0.273. The average molecular weight is 234 g/mol. The number of aromatic amines is 1. The van der Waals surface area contributed by atoms with Gasteiger partial charge in [-0.05, 0) is 24.6 Å². The predicted molar refractivity (Wildman–Crippen MR) is 66.5 cm³/mol. The lowest BCUT2D eigenvalue weighted by Gasteiger charge is -2.04. The summed E-state index contributed by atoms with van der Waals surface area (Å²) in [5.74, 6) is 1.83. The van der Waals surface area contributed by atoms with Gasteiger partial charge >= 0.3 is 0 Å². The number of thioether (sulfide) groups is 1. The molecule has 0 aliphatic carbocycles. The Morgan fingerprint density at radius 3 is 3.06 bits per heavy atom. The quantitative estimate of drug-likeness (QED) is 0.781. The molecular weight excluding hydrogens is 220 g/mol. The van der Waals surface area contributed by atoms with Gasteiger partial charge in [-0.25, -0.2) is 9.97 Å². The fourth-order valence-corrected chi connectivity index (χ4v) is 2.09. The van der Waals surface area contributed by atoms with Crippen molar-refractivity contribution in [3.8, 4) is 0 Å². The third-order valence-electron chi connectivity index (χ3n) is 2.03. The molecule has 0 aliphatic heterocycles. The van der Waals surface area contributed by atoms with Crippen LogP contribution in [0.2, 0.25) is 0 Å². The topological polar surface area (TPSA) is 53.6 Å². The second-order valence-electron chi connectivity index (χ2n) is 3.26. The normalized spacial score (nSPS) is 10.3. The van der Waals surface area contributed by atoms with Gasteiger partial charge in [-0.3, -0.25) is 0 Å². The number of pyridine rings is 1. The van der Waals surface area contributed by atoms with Gasteiger partial charge in [0.25, 0.3) is 0 Å². The molecule has 2 aromatic rings. The van der Waals surface area contributed by atoms with Crippen LogP contribution in [0, 0.1) is 0 Å². The Labute approximate surface area is 98.9 Å². The van der Waals surface area contributed by atoms with Crippen LogP contribution < -0.4 is 5.32 Å². The maximum absolute atomic E-state index is 4.23. The van der Waals surface area contributed by atoms with Crippen molar-refractivity contribution in [2.24, 2.45) is 0 Å². The van der Waals surface area contributed by atoms with Gasteiger partial charge in [0, 0.05) is 30.9 Å². The van der Waals surface area contributed by atoms with Crippen molar-refractivity contribution in [1.29, 1.82) is 0 Å². The lowest BCUT2D eigenvalue weighted by Crippen LogP contribution is -1.99. The van der Waals surface area contributed by atoms with E-state index in [1.54, 1.807) is 18.0 Å². The minimum Gasteiger partial charge on any atom is -0.370 e. The van der Waals surface area contributed by atoms with Gasteiger partial charge in [-0.1, -0.05) is 11.8 Å². The first-order valence-corrected chi connectivity index (χ1v) is 6.18. The fourth-order valence-electron chi connectivity index (χ4n) is 1.32. The van der Waals surface area contributed by atoms with E-state index in [0.717, 1.165) is 23.3 Å². The summed E-state index contributed by atoms with van der Waals surface area (Å²) in [5, 5.41) is 4.14. The van der Waals surface area contributed by atoms with E-state index < -0.39 is 0 Å². The van der Waals surface area contributed by atoms with Crippen LogP contribution in [0.1, 0.15) is 12.5 Å². The van der Waals surface area contributed by atoms with Crippen LogP contribution >= 0.6 is 11.8 Å². The number of rotatable bonds is 5. The zero-order valence-electron chi connectivity index (χ0n) is 9.10. The maximum Gasteiger partial charge on any atom is 0.165 e. The van der Waals surface area contributed by atoms with Gasteiger partial charge in [0.2, 0.25) is 0 Å². The van der Waals surface area contributed by atoms with E-state index in [1.165, 1.54) is 5.56 Å². The van der Waals surface area contributed by atoms with Crippen molar-refractivity contribution in [2.75, 3.05) is 11.9 Å². The molecular formula is C11H14N4S. The third-order valence-corrected chi connectivity index (χ3v) is 3.01. The third kappa shape index (κ3) is 3.00. The van der Waals surface area contributed by atoms with Crippen LogP contribution in [0.4, 0.5) is 5.82 Å². The van der Waals surface area contributed by atoms with Crippen molar-refractivity contribution in [1.82, 2.24) is 15.0 Å². The summed E-state index contributed by atoms with van der Waals surface area (Å²) in [4.78, 5) is 11.5. The zero-order chi connectivity index (χ0) is 11.2. The molecule has 0 unspecified atom stereocenters. The number of imidazole rings is 1. The van der Waals surface area contributed by atoms with Gasteiger partial charge in [-0.15, -0.1) is 0 Å². The van der Waals surface area contributed by atoms with Crippen molar-refractivity contribution in [3.05, 3.63) is 36.3 Å². The molecule has 0 saturated heterocycles. The van der Waals surface area contributed by atoms with Crippen LogP contribution in [0.15, 0.2) is 35.9 Å². The Kier molecular flexibility index (Phi) is 3.82. The molecule has 5 heteroatoms. The summed E-state index contributed by atoms with van der Waals surface area (Å²) in [6.45, 7) is 2.95. The SMILES string of the molecule is CCNc1cc(CSc2ncc[nH]2)ccn1. The summed E-state index contributed by atoms with van der Waals surface area (Å²) in [5.41, 5.74) is 1.24.